The van der Waals surface area contributed by atoms with Crippen molar-refractivity contribution in [1.82, 2.24) is 4.98 Å². The minimum Gasteiger partial charge on any atom is -0.480 e. The van der Waals surface area contributed by atoms with Crippen LogP contribution in [0.1, 0.15) is 13.8 Å². The Hall–Kier alpha value is -1.51. The largest absolute Gasteiger partial charge is 0.480 e. The Kier molecular flexibility index (Phi) is 3.98. The molecule has 0 radical (unpaired) electrons. The van der Waals surface area contributed by atoms with E-state index in [9.17, 15) is 0 Å². The summed E-state index contributed by atoms with van der Waals surface area (Å²) in [4.78, 5) is 4.09. The van der Waals surface area contributed by atoms with Crippen molar-refractivity contribution in [3.8, 4) is 5.88 Å². The van der Waals surface area contributed by atoms with Crippen LogP contribution >= 0.6 is 0 Å². The van der Waals surface area contributed by atoms with E-state index < -0.39 is 0 Å². The maximum absolute atomic E-state index is 5.11. The average Bonchev–Trinajstić information content (AvgIpc) is 2.18. The summed E-state index contributed by atoms with van der Waals surface area (Å²) in [5.41, 5.74) is 2.22. The predicted molar refractivity (Wildman–Crippen MR) is 58.7 cm³/mol. The molecule has 0 saturated heterocycles. The molecular formula is C11H16N2O. The molecule has 0 fully saturated rings. The van der Waals surface area contributed by atoms with Crippen LogP contribution in [0.3, 0.4) is 0 Å². The van der Waals surface area contributed by atoms with Gasteiger partial charge in [0.1, 0.15) is 0 Å². The first-order chi connectivity index (χ1) is 6.74. The minimum absolute atomic E-state index is 0.634. The standard InChI is InChI=1S/C11H16N2O/c1-9(2)6-8-12-10-5-4-7-13-11(10)14-3/h4-7,12H,8H2,1-3H3. The Morgan fingerprint density at radius 2 is 2.36 bits per heavy atom. The molecule has 1 rings (SSSR count). The molecule has 0 aromatic carbocycles. The van der Waals surface area contributed by atoms with Crippen molar-refractivity contribution in [2.45, 2.75) is 13.8 Å². The minimum atomic E-state index is 0.634. The molecule has 0 atom stereocenters. The fraction of sp³-hybridized carbons (Fsp3) is 0.364. The number of nitrogens with zero attached hydrogens (tertiary/aromatic N) is 1. The Labute approximate surface area is 84.8 Å². The molecule has 0 saturated carbocycles. The number of methoxy groups -OCH3 is 1. The van der Waals surface area contributed by atoms with Crippen LogP contribution in [-0.4, -0.2) is 18.6 Å². The number of rotatable bonds is 4. The molecule has 0 aliphatic carbocycles. The van der Waals surface area contributed by atoms with Gasteiger partial charge in [-0.25, -0.2) is 4.98 Å². The van der Waals surface area contributed by atoms with Gasteiger partial charge in [-0.1, -0.05) is 11.6 Å². The van der Waals surface area contributed by atoms with E-state index in [1.54, 1.807) is 13.3 Å². The van der Waals surface area contributed by atoms with Crippen LogP contribution in [0, 0.1) is 0 Å². The fourth-order valence-electron chi connectivity index (χ4n) is 1.05. The first-order valence-electron chi connectivity index (χ1n) is 4.60. The van der Waals surface area contributed by atoms with Crippen molar-refractivity contribution >= 4 is 5.69 Å². The van der Waals surface area contributed by atoms with E-state index in [2.05, 4.69) is 30.2 Å². The maximum atomic E-state index is 5.11. The van der Waals surface area contributed by atoms with Crippen LogP contribution in [0.2, 0.25) is 0 Å². The Morgan fingerprint density at radius 3 is 3.00 bits per heavy atom. The van der Waals surface area contributed by atoms with Crippen molar-refractivity contribution in [2.24, 2.45) is 0 Å². The van der Waals surface area contributed by atoms with E-state index in [-0.39, 0.29) is 0 Å². The molecule has 1 aromatic rings. The van der Waals surface area contributed by atoms with Crippen molar-refractivity contribution in [3.05, 3.63) is 30.0 Å². The highest BCUT2D eigenvalue weighted by Gasteiger charge is 1.99. The highest BCUT2D eigenvalue weighted by molar-refractivity contribution is 5.52. The lowest BCUT2D eigenvalue weighted by Crippen LogP contribution is -2.01. The van der Waals surface area contributed by atoms with E-state index in [4.69, 9.17) is 4.74 Å². The summed E-state index contributed by atoms with van der Waals surface area (Å²) < 4.78 is 5.11. The summed E-state index contributed by atoms with van der Waals surface area (Å²) in [6.45, 7) is 4.94. The molecule has 0 aliphatic rings. The molecule has 1 heterocycles. The second-order valence-electron chi connectivity index (χ2n) is 3.22. The second kappa shape index (κ2) is 5.27. The van der Waals surface area contributed by atoms with Gasteiger partial charge < -0.3 is 10.1 Å². The van der Waals surface area contributed by atoms with Gasteiger partial charge in [-0.3, -0.25) is 0 Å². The van der Waals surface area contributed by atoms with Crippen molar-refractivity contribution in [1.29, 1.82) is 0 Å². The third-order valence-corrected chi connectivity index (χ3v) is 1.77. The zero-order chi connectivity index (χ0) is 10.4. The van der Waals surface area contributed by atoms with Gasteiger partial charge in [0.2, 0.25) is 5.88 Å². The first-order valence-corrected chi connectivity index (χ1v) is 4.60. The molecule has 0 spiro atoms. The van der Waals surface area contributed by atoms with Gasteiger partial charge >= 0.3 is 0 Å². The summed E-state index contributed by atoms with van der Waals surface area (Å²) in [7, 11) is 1.62. The molecule has 14 heavy (non-hydrogen) atoms. The number of anilines is 1. The summed E-state index contributed by atoms with van der Waals surface area (Å²) in [5.74, 6) is 0.634. The monoisotopic (exact) mass is 192 g/mol. The van der Waals surface area contributed by atoms with Gasteiger partial charge in [-0.2, -0.15) is 0 Å². The summed E-state index contributed by atoms with van der Waals surface area (Å²) >= 11 is 0. The summed E-state index contributed by atoms with van der Waals surface area (Å²) in [6, 6.07) is 3.83. The number of nitrogens with one attached hydrogen (secondary N) is 1. The van der Waals surface area contributed by atoms with Gasteiger partial charge in [0.15, 0.2) is 0 Å². The third kappa shape index (κ3) is 3.09. The van der Waals surface area contributed by atoms with E-state index >= 15 is 0 Å². The molecular weight excluding hydrogens is 176 g/mol. The number of ether oxygens (including phenoxy) is 1. The van der Waals surface area contributed by atoms with E-state index in [0.29, 0.717) is 5.88 Å². The second-order valence-corrected chi connectivity index (χ2v) is 3.22. The van der Waals surface area contributed by atoms with Gasteiger partial charge in [0.05, 0.1) is 12.8 Å². The molecule has 3 heteroatoms. The molecule has 0 aliphatic heterocycles. The van der Waals surface area contributed by atoms with Crippen LogP contribution in [-0.2, 0) is 0 Å². The topological polar surface area (TPSA) is 34.1 Å². The molecule has 1 N–H and O–H groups in total. The number of pyridine rings is 1. The van der Waals surface area contributed by atoms with Gasteiger partial charge in [0.25, 0.3) is 0 Å². The van der Waals surface area contributed by atoms with Crippen LogP contribution in [0.25, 0.3) is 0 Å². The molecule has 0 unspecified atom stereocenters. The van der Waals surface area contributed by atoms with Crippen molar-refractivity contribution in [3.63, 3.8) is 0 Å². The SMILES string of the molecule is COc1ncccc1NCC=C(C)C. The highest BCUT2D eigenvalue weighted by Crippen LogP contribution is 2.19. The van der Waals surface area contributed by atoms with Gasteiger partial charge in [-0.15, -0.1) is 0 Å². The Morgan fingerprint density at radius 1 is 1.57 bits per heavy atom. The van der Waals surface area contributed by atoms with Crippen molar-refractivity contribution in [2.75, 3.05) is 19.0 Å². The first kappa shape index (κ1) is 10.6. The summed E-state index contributed by atoms with van der Waals surface area (Å²) in [6.07, 6.45) is 3.83. The van der Waals surface area contributed by atoms with Crippen LogP contribution < -0.4 is 10.1 Å². The quantitative estimate of drug-likeness (QED) is 0.744. The molecule has 0 bridgehead atoms. The maximum Gasteiger partial charge on any atom is 0.237 e. The zero-order valence-electron chi connectivity index (χ0n) is 8.87. The Balaban J connectivity index is 2.62. The van der Waals surface area contributed by atoms with Crippen LogP contribution in [0.5, 0.6) is 5.88 Å². The van der Waals surface area contributed by atoms with Crippen LogP contribution in [0.4, 0.5) is 5.69 Å². The van der Waals surface area contributed by atoms with E-state index in [1.165, 1.54) is 5.57 Å². The average molecular weight is 192 g/mol. The smallest absolute Gasteiger partial charge is 0.237 e. The molecule has 76 valence electrons. The molecule has 0 amide bonds. The van der Waals surface area contributed by atoms with Crippen molar-refractivity contribution < 1.29 is 4.74 Å². The van der Waals surface area contributed by atoms with Gasteiger partial charge in [-0.05, 0) is 26.0 Å². The van der Waals surface area contributed by atoms with E-state index in [1.807, 2.05) is 12.1 Å². The molecule has 1 aromatic heterocycles. The highest BCUT2D eigenvalue weighted by atomic mass is 16.5. The fourth-order valence-corrected chi connectivity index (χ4v) is 1.05. The number of hydrogen-bond acceptors (Lipinski definition) is 3. The lowest BCUT2D eigenvalue weighted by molar-refractivity contribution is 0.400. The third-order valence-electron chi connectivity index (χ3n) is 1.77. The lowest BCUT2D eigenvalue weighted by Gasteiger charge is -2.07. The number of aromatic nitrogens is 1. The number of allylic oxidation sites excluding steroid dienone is 1. The normalized spacial score (nSPS) is 9.36. The zero-order valence-corrected chi connectivity index (χ0v) is 8.87. The summed E-state index contributed by atoms with van der Waals surface area (Å²) in [5, 5.41) is 3.23. The van der Waals surface area contributed by atoms with Crippen LogP contribution in [0.15, 0.2) is 30.0 Å². The Bertz CT molecular complexity index is 317. The number of hydrogen-bond donors (Lipinski definition) is 1. The van der Waals surface area contributed by atoms with Gasteiger partial charge in [0, 0.05) is 12.7 Å². The lowest BCUT2D eigenvalue weighted by atomic mass is 10.3. The van der Waals surface area contributed by atoms with E-state index in [0.717, 1.165) is 12.2 Å². The molecule has 3 nitrogen and oxygen atoms in total. The predicted octanol–water partition coefficient (Wildman–Crippen LogP) is 2.47.